The van der Waals surface area contributed by atoms with E-state index in [2.05, 4.69) is 16.9 Å². The molecule has 1 aromatic heterocycles. The molecule has 3 rings (SSSR count). The highest BCUT2D eigenvalue weighted by molar-refractivity contribution is 6.35. The van der Waals surface area contributed by atoms with E-state index >= 15 is 0 Å². The molecule has 2 aromatic rings. The Bertz CT molecular complexity index is 749. The van der Waals surface area contributed by atoms with Crippen LogP contribution in [0.1, 0.15) is 18.8 Å². The first-order chi connectivity index (χ1) is 10.5. The van der Waals surface area contributed by atoms with Crippen molar-refractivity contribution in [1.29, 1.82) is 0 Å². The van der Waals surface area contributed by atoms with Gasteiger partial charge in [0.15, 0.2) is 0 Å². The minimum Gasteiger partial charge on any atom is -0.322 e. The molecule has 0 spiro atoms. The molecule has 1 fully saturated rings. The van der Waals surface area contributed by atoms with Gasteiger partial charge in [0.1, 0.15) is 5.82 Å². The fraction of sp³-hybridized carbons (Fsp3) is 0.467. The van der Waals surface area contributed by atoms with Crippen molar-refractivity contribution in [2.75, 3.05) is 38.2 Å². The van der Waals surface area contributed by atoms with Crippen LogP contribution >= 0.6 is 11.6 Å². The predicted molar refractivity (Wildman–Crippen MR) is 89.1 cm³/mol. The van der Waals surface area contributed by atoms with Gasteiger partial charge in [-0.2, -0.15) is 0 Å². The fourth-order valence-electron chi connectivity index (χ4n) is 2.76. The number of hydrogen-bond acceptors (Lipinski definition) is 5. The maximum Gasteiger partial charge on any atom is 0.281 e. The monoisotopic (exact) mass is 321 g/mol. The molecule has 6 nitrogen and oxygen atoms in total. The van der Waals surface area contributed by atoms with E-state index in [0.717, 1.165) is 26.2 Å². The lowest BCUT2D eigenvalue weighted by atomic mass is 10.2. The second-order valence-corrected chi connectivity index (χ2v) is 6.17. The van der Waals surface area contributed by atoms with Crippen LogP contribution in [0.3, 0.4) is 0 Å². The molecule has 22 heavy (non-hydrogen) atoms. The van der Waals surface area contributed by atoms with Gasteiger partial charge >= 0.3 is 0 Å². The van der Waals surface area contributed by atoms with Gasteiger partial charge in [-0.05, 0) is 26.1 Å². The molecular formula is C15H20ClN5O. The van der Waals surface area contributed by atoms with Gasteiger partial charge < -0.3 is 15.6 Å². The van der Waals surface area contributed by atoms with E-state index in [-0.39, 0.29) is 11.6 Å². The summed E-state index contributed by atoms with van der Waals surface area (Å²) < 4.78 is 1.62. The van der Waals surface area contributed by atoms with Crippen molar-refractivity contribution in [3.63, 3.8) is 0 Å². The van der Waals surface area contributed by atoms with Crippen LogP contribution in [0.25, 0.3) is 10.9 Å². The molecule has 1 aliphatic rings. The van der Waals surface area contributed by atoms with Crippen LogP contribution in [-0.4, -0.2) is 47.8 Å². The number of piperazine rings is 1. The van der Waals surface area contributed by atoms with Crippen molar-refractivity contribution in [2.45, 2.75) is 13.0 Å². The highest BCUT2D eigenvalue weighted by Gasteiger charge is 2.22. The molecular weight excluding hydrogens is 302 g/mol. The summed E-state index contributed by atoms with van der Waals surface area (Å²) in [5.41, 5.74) is 6.50. The SMILES string of the molecule is C[C@H](N)c1nc2cccc(Cl)c2c(=O)n1N1CCN(C)CC1. The third-order valence-electron chi connectivity index (χ3n) is 4.02. The van der Waals surface area contributed by atoms with Crippen LogP contribution in [0.15, 0.2) is 23.0 Å². The Morgan fingerprint density at radius 1 is 1.27 bits per heavy atom. The quantitative estimate of drug-likeness (QED) is 0.892. The van der Waals surface area contributed by atoms with Crippen molar-refractivity contribution >= 4 is 22.5 Å². The third-order valence-corrected chi connectivity index (χ3v) is 4.33. The Kier molecular flexibility index (Phi) is 4.08. The van der Waals surface area contributed by atoms with Crippen molar-refractivity contribution in [3.05, 3.63) is 39.4 Å². The Hall–Kier alpha value is -1.63. The molecule has 2 heterocycles. The maximum absolute atomic E-state index is 13.0. The summed E-state index contributed by atoms with van der Waals surface area (Å²) in [5, 5.41) is 2.89. The number of halogens is 1. The van der Waals surface area contributed by atoms with E-state index in [9.17, 15) is 4.79 Å². The average molecular weight is 322 g/mol. The number of likely N-dealkylation sites (N-methyl/N-ethyl adjacent to an activating group) is 1. The number of hydrogen-bond donors (Lipinski definition) is 1. The van der Waals surface area contributed by atoms with Gasteiger partial charge in [-0.15, -0.1) is 0 Å². The molecule has 0 amide bonds. The van der Waals surface area contributed by atoms with Crippen molar-refractivity contribution < 1.29 is 0 Å². The lowest BCUT2D eigenvalue weighted by molar-refractivity contribution is 0.282. The summed E-state index contributed by atoms with van der Waals surface area (Å²) in [7, 11) is 2.07. The highest BCUT2D eigenvalue weighted by Crippen LogP contribution is 2.20. The van der Waals surface area contributed by atoms with Gasteiger partial charge in [-0.1, -0.05) is 17.7 Å². The summed E-state index contributed by atoms with van der Waals surface area (Å²) in [5.74, 6) is 0.573. The minimum absolute atomic E-state index is 0.146. The van der Waals surface area contributed by atoms with Gasteiger partial charge in [0.05, 0.1) is 22.0 Å². The van der Waals surface area contributed by atoms with E-state index in [0.29, 0.717) is 21.7 Å². The van der Waals surface area contributed by atoms with Gasteiger partial charge in [-0.25, -0.2) is 9.66 Å². The fourth-order valence-corrected chi connectivity index (χ4v) is 3.01. The Balaban J connectivity index is 2.22. The molecule has 0 bridgehead atoms. The second-order valence-electron chi connectivity index (χ2n) is 5.77. The molecule has 118 valence electrons. The van der Waals surface area contributed by atoms with Crippen LogP contribution in [0.4, 0.5) is 0 Å². The van der Waals surface area contributed by atoms with E-state index in [1.54, 1.807) is 22.9 Å². The molecule has 0 aliphatic carbocycles. The normalized spacial score (nSPS) is 17.9. The van der Waals surface area contributed by atoms with Gasteiger partial charge in [0, 0.05) is 26.2 Å². The highest BCUT2D eigenvalue weighted by atomic mass is 35.5. The van der Waals surface area contributed by atoms with Crippen LogP contribution in [0.5, 0.6) is 0 Å². The number of aromatic nitrogens is 2. The second kappa shape index (κ2) is 5.87. The standard InChI is InChI=1S/C15H20ClN5O/c1-10(17)14-18-12-5-3-4-11(16)13(12)15(22)21(14)20-8-6-19(2)7-9-20/h3-5,10H,6-9,17H2,1-2H3/t10-/m0/s1. The molecule has 7 heteroatoms. The summed E-state index contributed by atoms with van der Waals surface area (Å²) in [6.45, 7) is 5.14. The molecule has 0 unspecified atom stereocenters. The number of nitrogens with zero attached hydrogens (tertiary/aromatic N) is 4. The number of fused-ring (bicyclic) bond motifs is 1. The Morgan fingerprint density at radius 3 is 2.59 bits per heavy atom. The van der Waals surface area contributed by atoms with E-state index in [1.807, 2.05) is 11.9 Å². The summed E-state index contributed by atoms with van der Waals surface area (Å²) in [6, 6.07) is 4.97. The zero-order valence-corrected chi connectivity index (χ0v) is 13.5. The minimum atomic E-state index is -0.337. The first-order valence-corrected chi connectivity index (χ1v) is 7.77. The van der Waals surface area contributed by atoms with Crippen molar-refractivity contribution in [1.82, 2.24) is 14.6 Å². The topological polar surface area (TPSA) is 67.4 Å². The largest absolute Gasteiger partial charge is 0.322 e. The summed E-state index contributed by atoms with van der Waals surface area (Å²) in [6.07, 6.45) is 0. The first kappa shape index (κ1) is 15.3. The van der Waals surface area contributed by atoms with E-state index < -0.39 is 0 Å². The first-order valence-electron chi connectivity index (χ1n) is 7.39. The van der Waals surface area contributed by atoms with Gasteiger partial charge in [-0.3, -0.25) is 4.79 Å². The lowest BCUT2D eigenvalue weighted by Gasteiger charge is -2.36. The molecule has 1 aliphatic heterocycles. The van der Waals surface area contributed by atoms with Gasteiger partial charge in [0.25, 0.3) is 5.56 Å². The smallest absolute Gasteiger partial charge is 0.281 e. The average Bonchev–Trinajstić information content (AvgIpc) is 2.48. The molecule has 1 saturated heterocycles. The summed E-state index contributed by atoms with van der Waals surface area (Å²) in [4.78, 5) is 19.8. The Labute approximate surface area is 134 Å². The number of benzene rings is 1. The lowest BCUT2D eigenvalue weighted by Crippen LogP contribution is -2.54. The van der Waals surface area contributed by atoms with Crippen molar-refractivity contribution in [3.8, 4) is 0 Å². The third kappa shape index (κ3) is 2.58. The number of rotatable bonds is 2. The zero-order chi connectivity index (χ0) is 15.9. The molecule has 1 aromatic carbocycles. The van der Waals surface area contributed by atoms with Crippen LogP contribution in [0.2, 0.25) is 5.02 Å². The predicted octanol–water partition coefficient (Wildman–Crippen LogP) is 0.953. The Morgan fingerprint density at radius 2 is 1.95 bits per heavy atom. The molecule has 0 saturated carbocycles. The summed E-state index contributed by atoms with van der Waals surface area (Å²) >= 11 is 6.22. The number of nitrogens with two attached hydrogens (primary N) is 1. The van der Waals surface area contributed by atoms with E-state index in [1.165, 1.54) is 0 Å². The van der Waals surface area contributed by atoms with Crippen molar-refractivity contribution in [2.24, 2.45) is 5.73 Å². The van der Waals surface area contributed by atoms with Crippen LogP contribution < -0.4 is 16.3 Å². The maximum atomic E-state index is 13.0. The van der Waals surface area contributed by atoms with Crippen LogP contribution in [0, 0.1) is 0 Å². The molecule has 0 radical (unpaired) electrons. The zero-order valence-electron chi connectivity index (χ0n) is 12.8. The molecule has 1 atom stereocenters. The van der Waals surface area contributed by atoms with Crippen LogP contribution in [-0.2, 0) is 0 Å². The molecule has 2 N–H and O–H groups in total. The van der Waals surface area contributed by atoms with Gasteiger partial charge in [0.2, 0.25) is 0 Å². The van der Waals surface area contributed by atoms with E-state index in [4.69, 9.17) is 17.3 Å².